The monoisotopic (exact) mass is 485 g/mol. The van der Waals surface area contributed by atoms with Gasteiger partial charge in [0.1, 0.15) is 5.75 Å². The molecule has 1 heterocycles. The van der Waals surface area contributed by atoms with Crippen molar-refractivity contribution in [3.8, 4) is 5.75 Å². The van der Waals surface area contributed by atoms with Crippen LogP contribution in [0.3, 0.4) is 0 Å². The summed E-state index contributed by atoms with van der Waals surface area (Å²) in [5.41, 5.74) is 0.401. The molecule has 0 bridgehead atoms. The summed E-state index contributed by atoms with van der Waals surface area (Å²) < 4.78 is 72.4. The third-order valence-electron chi connectivity index (χ3n) is 3.88. The molecule has 32 heavy (non-hydrogen) atoms. The van der Waals surface area contributed by atoms with Gasteiger partial charge < -0.3 is 9.15 Å². The lowest BCUT2D eigenvalue weighted by Crippen LogP contribution is -2.17. The molecule has 0 aliphatic heterocycles. The van der Waals surface area contributed by atoms with Crippen molar-refractivity contribution in [3.63, 3.8) is 0 Å². The van der Waals surface area contributed by atoms with Crippen LogP contribution in [0, 0.1) is 0 Å². The van der Waals surface area contributed by atoms with E-state index in [1.807, 2.05) is 0 Å². The van der Waals surface area contributed by atoms with Crippen molar-refractivity contribution in [1.29, 1.82) is 0 Å². The first-order chi connectivity index (χ1) is 15.0. The molecule has 2 aromatic carbocycles. The minimum atomic E-state index is -4.89. The summed E-state index contributed by atoms with van der Waals surface area (Å²) in [6, 6.07) is 12.2. The lowest BCUT2D eigenvalue weighted by molar-refractivity contribution is -0.274. The molecule has 3 rings (SSSR count). The molecule has 0 saturated carbocycles. The highest BCUT2D eigenvalue weighted by Crippen LogP contribution is 2.25. The molecular weight excluding hydrogens is 471 g/mol. The molecular formula is C20H14F3NO6S2. The van der Waals surface area contributed by atoms with E-state index < -0.39 is 22.1 Å². The molecule has 0 spiro atoms. The minimum Gasteiger partial charge on any atom is -0.460 e. The second-order valence-electron chi connectivity index (χ2n) is 6.18. The van der Waals surface area contributed by atoms with Gasteiger partial charge in [0.05, 0.1) is 16.9 Å². The number of carbonyl (C=O) groups is 2. The molecule has 0 unspecified atom stereocenters. The van der Waals surface area contributed by atoms with E-state index in [0.717, 1.165) is 36.0 Å². The minimum absolute atomic E-state index is 0.128. The first kappa shape index (κ1) is 23.4. The van der Waals surface area contributed by atoms with Crippen LogP contribution in [0.1, 0.15) is 20.9 Å². The van der Waals surface area contributed by atoms with Gasteiger partial charge in [-0.2, -0.15) is 0 Å². The standard InChI is InChI=1S/C20H14F3NO6S2/c21-20(22,23)30-15-7-9-16(10-8-15)32(27,28)24-14-5-3-13(4-6-14)17(25)12-31-19(26)18-2-1-11-29-18/h1-11,24H,12H2. The van der Waals surface area contributed by atoms with Gasteiger partial charge in [-0.3, -0.25) is 14.3 Å². The van der Waals surface area contributed by atoms with E-state index in [4.69, 9.17) is 4.42 Å². The Kier molecular flexibility index (Phi) is 6.94. The Morgan fingerprint density at radius 2 is 1.66 bits per heavy atom. The van der Waals surface area contributed by atoms with Gasteiger partial charge in [-0.15, -0.1) is 13.2 Å². The molecule has 12 heteroatoms. The Hall–Kier alpha value is -3.25. The van der Waals surface area contributed by atoms with Gasteiger partial charge in [-0.05, 0) is 60.7 Å². The van der Waals surface area contributed by atoms with E-state index in [1.165, 1.54) is 36.6 Å². The zero-order chi connectivity index (χ0) is 23.4. The van der Waals surface area contributed by atoms with E-state index in [1.54, 1.807) is 6.07 Å². The third-order valence-corrected chi connectivity index (χ3v) is 6.15. The van der Waals surface area contributed by atoms with E-state index in [-0.39, 0.29) is 38.6 Å². The van der Waals surface area contributed by atoms with Crippen LogP contribution in [0.15, 0.2) is 76.2 Å². The van der Waals surface area contributed by atoms with Crippen molar-refractivity contribution >= 4 is 38.4 Å². The number of rotatable bonds is 8. The van der Waals surface area contributed by atoms with Crippen LogP contribution in [-0.2, 0) is 10.0 Å². The van der Waals surface area contributed by atoms with Crippen LogP contribution in [0.5, 0.6) is 5.75 Å². The smallest absolute Gasteiger partial charge is 0.460 e. The second kappa shape index (κ2) is 9.49. The number of hydrogen-bond acceptors (Lipinski definition) is 7. The Balaban J connectivity index is 1.60. The number of halogens is 3. The van der Waals surface area contributed by atoms with E-state index in [2.05, 4.69) is 9.46 Å². The molecule has 0 saturated heterocycles. The average molecular weight is 485 g/mol. The lowest BCUT2D eigenvalue weighted by Gasteiger charge is -2.11. The van der Waals surface area contributed by atoms with Crippen molar-refractivity contribution in [2.24, 2.45) is 0 Å². The van der Waals surface area contributed by atoms with Gasteiger partial charge in [-0.1, -0.05) is 11.8 Å². The predicted molar refractivity (Wildman–Crippen MR) is 110 cm³/mol. The number of ether oxygens (including phenoxy) is 1. The van der Waals surface area contributed by atoms with Crippen molar-refractivity contribution in [2.45, 2.75) is 11.3 Å². The average Bonchev–Trinajstić information content (AvgIpc) is 3.26. The third kappa shape index (κ3) is 6.37. The largest absolute Gasteiger partial charge is 0.573 e. The molecule has 168 valence electrons. The number of hydrogen-bond donors (Lipinski definition) is 1. The maximum atomic E-state index is 12.4. The summed E-state index contributed by atoms with van der Waals surface area (Å²) >= 11 is 0.779. The van der Waals surface area contributed by atoms with Crippen LogP contribution < -0.4 is 9.46 Å². The Morgan fingerprint density at radius 1 is 1.00 bits per heavy atom. The van der Waals surface area contributed by atoms with Crippen LogP contribution in [-0.4, -0.2) is 31.4 Å². The highest BCUT2D eigenvalue weighted by Gasteiger charge is 2.31. The fraction of sp³-hybridized carbons (Fsp3) is 0.100. The van der Waals surface area contributed by atoms with Gasteiger partial charge in [0.25, 0.3) is 15.1 Å². The summed E-state index contributed by atoms with van der Waals surface area (Å²) in [4.78, 5) is 23.8. The van der Waals surface area contributed by atoms with E-state index in [9.17, 15) is 31.2 Å². The quantitative estimate of drug-likeness (QED) is 0.460. The Bertz CT molecular complexity index is 1190. The van der Waals surface area contributed by atoms with Crippen LogP contribution in [0.2, 0.25) is 0 Å². The number of ketones is 1. The molecule has 0 aliphatic carbocycles. The summed E-state index contributed by atoms with van der Waals surface area (Å²) in [6.45, 7) is 0. The van der Waals surface area contributed by atoms with Crippen molar-refractivity contribution < 1.29 is 40.3 Å². The maximum Gasteiger partial charge on any atom is 0.573 e. The van der Waals surface area contributed by atoms with Gasteiger partial charge in [0.2, 0.25) is 0 Å². The van der Waals surface area contributed by atoms with Gasteiger partial charge in [0.15, 0.2) is 11.5 Å². The number of sulfonamides is 1. The first-order valence-electron chi connectivity index (χ1n) is 8.76. The predicted octanol–water partition coefficient (Wildman–Crippen LogP) is 4.74. The number of alkyl halides is 3. The van der Waals surface area contributed by atoms with Crippen LogP contribution in [0.4, 0.5) is 18.9 Å². The number of benzene rings is 2. The van der Waals surface area contributed by atoms with Crippen LogP contribution in [0.25, 0.3) is 0 Å². The number of anilines is 1. The second-order valence-corrected chi connectivity index (χ2v) is 8.81. The number of carbonyl (C=O) groups excluding carboxylic acids is 2. The Labute approximate surface area is 184 Å². The highest BCUT2D eigenvalue weighted by atomic mass is 32.2. The molecule has 0 aliphatic rings. The normalized spacial score (nSPS) is 11.7. The van der Waals surface area contributed by atoms with Gasteiger partial charge >= 0.3 is 6.36 Å². The maximum absolute atomic E-state index is 12.4. The molecule has 7 nitrogen and oxygen atoms in total. The number of nitrogens with one attached hydrogen (secondary N) is 1. The van der Waals surface area contributed by atoms with E-state index in [0.29, 0.717) is 0 Å². The van der Waals surface area contributed by atoms with Crippen molar-refractivity contribution in [1.82, 2.24) is 0 Å². The summed E-state index contributed by atoms with van der Waals surface area (Å²) in [5.74, 6) is -0.894. The fourth-order valence-corrected chi connectivity index (χ4v) is 4.18. The van der Waals surface area contributed by atoms with E-state index >= 15 is 0 Å². The number of furan rings is 1. The van der Waals surface area contributed by atoms with Gasteiger partial charge in [-0.25, -0.2) is 8.42 Å². The zero-order valence-corrected chi connectivity index (χ0v) is 17.6. The van der Waals surface area contributed by atoms with Gasteiger partial charge in [0, 0.05) is 11.3 Å². The Morgan fingerprint density at radius 3 is 2.22 bits per heavy atom. The fourth-order valence-electron chi connectivity index (χ4n) is 2.44. The molecule has 0 amide bonds. The molecule has 1 aromatic heterocycles. The van der Waals surface area contributed by atoms with Crippen molar-refractivity contribution in [3.05, 3.63) is 78.3 Å². The summed E-state index contributed by atoms with van der Waals surface area (Å²) in [6.07, 6.45) is -3.54. The number of Topliss-reactive ketones (excluding diaryl/α,β-unsaturated/α-hetero) is 1. The van der Waals surface area contributed by atoms with Crippen molar-refractivity contribution in [2.75, 3.05) is 10.5 Å². The molecule has 0 atom stereocenters. The SMILES string of the molecule is O=C(CSC(=O)c1ccco1)c1ccc(NS(=O)(=O)c2ccc(OC(F)(F)F)cc2)cc1. The highest BCUT2D eigenvalue weighted by molar-refractivity contribution is 8.14. The molecule has 0 radical (unpaired) electrons. The molecule has 1 N–H and O–H groups in total. The summed E-state index contributed by atoms with van der Waals surface area (Å²) in [7, 11) is -4.08. The number of thioether (sulfide) groups is 1. The summed E-state index contributed by atoms with van der Waals surface area (Å²) in [5, 5.41) is -0.389. The zero-order valence-electron chi connectivity index (χ0n) is 16.0. The molecule has 3 aromatic rings. The topological polar surface area (TPSA) is 103 Å². The van der Waals surface area contributed by atoms with Crippen LogP contribution >= 0.6 is 11.8 Å². The first-order valence-corrected chi connectivity index (χ1v) is 11.2. The lowest BCUT2D eigenvalue weighted by atomic mass is 10.1. The molecule has 0 fully saturated rings.